The summed E-state index contributed by atoms with van der Waals surface area (Å²) in [6, 6.07) is 6.33. The third-order valence-electron chi connectivity index (χ3n) is 1.88. The number of benzene rings is 1. The van der Waals surface area contributed by atoms with Crippen LogP contribution in [0.5, 0.6) is 0 Å². The monoisotopic (exact) mass is 164 g/mol. The number of primary amides is 1. The summed E-state index contributed by atoms with van der Waals surface area (Å²) in [7, 11) is 0. The molecule has 12 heavy (non-hydrogen) atoms. The number of amides is 2. The van der Waals surface area contributed by atoms with E-state index >= 15 is 0 Å². The van der Waals surface area contributed by atoms with Gasteiger partial charge in [0.25, 0.3) is 0 Å². The van der Waals surface area contributed by atoms with Gasteiger partial charge in [-0.15, -0.1) is 0 Å². The molecule has 1 aromatic carbocycles. The first-order chi connectivity index (χ1) is 6.52. The number of para-hydroxylation sites is 1. The lowest BCUT2D eigenvalue weighted by Gasteiger charge is -2.12. The van der Waals surface area contributed by atoms with Gasteiger partial charge in [0.2, 0.25) is 0 Å². The van der Waals surface area contributed by atoms with Crippen LogP contribution < -0.4 is 10.6 Å². The molecule has 1 heterocycles. The van der Waals surface area contributed by atoms with Crippen LogP contribution in [0.25, 0.3) is 0 Å². The normalized spacial score (nSPS) is 21.2. The fraction of sp³-hybridized carbons (Fsp3) is 0.222. The minimum absolute atomic E-state index is 0.201. The van der Waals surface area contributed by atoms with E-state index in [1.165, 1.54) is 0 Å². The number of carbonyl (C=O) groups is 1. The average Bonchev–Trinajstić information content (AvgIpc) is 2.33. The lowest BCUT2D eigenvalue weighted by molar-refractivity contribution is 0.254. The summed E-state index contributed by atoms with van der Waals surface area (Å²) in [4.78, 5) is 12.1. The van der Waals surface area contributed by atoms with Crippen LogP contribution in [0.1, 0.15) is 8.30 Å². The number of nitrogens with zero attached hydrogens (tertiary/aromatic N) is 1. The van der Waals surface area contributed by atoms with Crippen molar-refractivity contribution in [2.24, 2.45) is 5.73 Å². The Morgan fingerprint density at radius 2 is 2.33 bits per heavy atom. The van der Waals surface area contributed by atoms with Crippen LogP contribution in [-0.2, 0) is 6.42 Å². The van der Waals surface area contributed by atoms with E-state index < -0.39 is 12.5 Å². The van der Waals surface area contributed by atoms with E-state index in [0.717, 1.165) is 10.5 Å². The molecule has 1 aliphatic rings. The van der Waals surface area contributed by atoms with Gasteiger partial charge in [-0.2, -0.15) is 0 Å². The molecule has 3 nitrogen and oxygen atoms in total. The number of hydrogen-bond acceptors (Lipinski definition) is 1. The fourth-order valence-electron chi connectivity index (χ4n) is 1.32. The molecule has 0 aliphatic carbocycles. The SMILES string of the molecule is [2H]C1([2H])Cc2ccccc2N1C(N)=O. The molecule has 2 rings (SSSR count). The van der Waals surface area contributed by atoms with Gasteiger partial charge in [0.1, 0.15) is 0 Å². The number of anilines is 1. The smallest absolute Gasteiger partial charge is 0.319 e. The zero-order valence-electron chi connectivity index (χ0n) is 8.45. The first-order valence-corrected chi connectivity index (χ1v) is 3.70. The Bertz CT molecular complexity index is 392. The highest BCUT2D eigenvalue weighted by Crippen LogP contribution is 2.26. The second-order valence-corrected chi connectivity index (χ2v) is 2.64. The highest BCUT2D eigenvalue weighted by Gasteiger charge is 2.21. The maximum atomic E-state index is 11.1. The molecule has 0 atom stereocenters. The largest absolute Gasteiger partial charge is 0.351 e. The highest BCUT2D eigenvalue weighted by atomic mass is 16.2. The van der Waals surface area contributed by atoms with Crippen LogP contribution in [0, 0.1) is 0 Å². The van der Waals surface area contributed by atoms with E-state index in [4.69, 9.17) is 8.48 Å². The van der Waals surface area contributed by atoms with Crippen LogP contribution in [0.2, 0.25) is 0 Å². The van der Waals surface area contributed by atoms with Gasteiger partial charge in [-0.05, 0) is 18.1 Å². The van der Waals surface area contributed by atoms with Crippen molar-refractivity contribution in [3.8, 4) is 0 Å². The van der Waals surface area contributed by atoms with Crippen molar-refractivity contribution in [2.75, 3.05) is 11.4 Å². The highest BCUT2D eigenvalue weighted by molar-refractivity contribution is 5.92. The topological polar surface area (TPSA) is 46.3 Å². The third kappa shape index (κ3) is 0.942. The molecular weight excluding hydrogens is 152 g/mol. The molecular formula is C9H10N2O. The van der Waals surface area contributed by atoms with Crippen molar-refractivity contribution in [3.63, 3.8) is 0 Å². The maximum Gasteiger partial charge on any atom is 0.319 e. The standard InChI is InChI=1S/C9H10N2O/c10-9(12)11-6-5-7-3-1-2-4-8(7)11/h1-4H,5-6H2,(H2,10,12)/i6D2. The van der Waals surface area contributed by atoms with E-state index in [9.17, 15) is 4.79 Å². The number of rotatable bonds is 0. The van der Waals surface area contributed by atoms with E-state index in [-0.39, 0.29) is 6.42 Å². The van der Waals surface area contributed by atoms with Gasteiger partial charge < -0.3 is 5.73 Å². The molecule has 0 fully saturated rings. The van der Waals surface area contributed by atoms with Crippen molar-refractivity contribution < 1.29 is 7.54 Å². The van der Waals surface area contributed by atoms with Gasteiger partial charge in [0.15, 0.2) is 0 Å². The van der Waals surface area contributed by atoms with Gasteiger partial charge in [-0.25, -0.2) is 4.79 Å². The van der Waals surface area contributed by atoms with Crippen LogP contribution in [0.3, 0.4) is 0 Å². The lowest BCUT2D eigenvalue weighted by atomic mass is 10.2. The van der Waals surface area contributed by atoms with E-state index in [1.807, 2.05) is 6.07 Å². The zero-order chi connectivity index (χ0) is 10.3. The van der Waals surface area contributed by atoms with Crippen LogP contribution in [-0.4, -0.2) is 12.5 Å². The number of nitrogens with two attached hydrogens (primary N) is 1. The summed E-state index contributed by atoms with van der Waals surface area (Å²) < 4.78 is 15.3. The molecule has 0 saturated carbocycles. The summed E-state index contributed by atoms with van der Waals surface area (Å²) >= 11 is 0. The molecule has 2 amide bonds. The van der Waals surface area contributed by atoms with Gasteiger partial charge >= 0.3 is 6.03 Å². The van der Waals surface area contributed by atoms with Crippen LogP contribution in [0.4, 0.5) is 10.5 Å². The quantitative estimate of drug-likeness (QED) is 0.613. The molecule has 0 bridgehead atoms. The summed E-state index contributed by atoms with van der Waals surface area (Å²) in [5.41, 5.74) is 6.53. The fourth-order valence-corrected chi connectivity index (χ4v) is 1.32. The molecule has 62 valence electrons. The Labute approximate surface area is 73.6 Å². The Kier molecular flexibility index (Phi) is 1.09. The van der Waals surface area contributed by atoms with Crippen molar-refractivity contribution in [3.05, 3.63) is 29.8 Å². The minimum atomic E-state index is -1.70. The van der Waals surface area contributed by atoms with Crippen molar-refractivity contribution >= 4 is 11.7 Å². The first-order valence-electron chi connectivity index (χ1n) is 4.70. The molecule has 1 aromatic rings. The van der Waals surface area contributed by atoms with Crippen molar-refractivity contribution in [1.82, 2.24) is 0 Å². The Morgan fingerprint density at radius 3 is 3.08 bits per heavy atom. The number of aryl methyl sites for hydroxylation is 1. The second-order valence-electron chi connectivity index (χ2n) is 2.64. The van der Waals surface area contributed by atoms with E-state index in [0.29, 0.717) is 5.69 Å². The Morgan fingerprint density at radius 1 is 1.58 bits per heavy atom. The van der Waals surface area contributed by atoms with Crippen molar-refractivity contribution in [2.45, 2.75) is 6.42 Å². The summed E-state index contributed by atoms with van der Waals surface area (Å²) in [6.07, 6.45) is 0.201. The number of carbonyl (C=O) groups excluding carboxylic acids is 1. The summed E-state index contributed by atoms with van der Waals surface area (Å²) in [5.74, 6) is 0. The van der Waals surface area contributed by atoms with Crippen LogP contribution in [0.15, 0.2) is 24.3 Å². The average molecular weight is 164 g/mol. The van der Waals surface area contributed by atoms with Gasteiger partial charge in [-0.3, -0.25) is 4.90 Å². The Balaban J connectivity index is 2.53. The molecule has 0 aromatic heterocycles. The maximum absolute atomic E-state index is 11.1. The summed E-state index contributed by atoms with van der Waals surface area (Å²) in [5, 5.41) is 0. The first kappa shape index (κ1) is 5.19. The van der Waals surface area contributed by atoms with Gasteiger partial charge in [0.05, 0.1) is 2.74 Å². The molecule has 2 N–H and O–H groups in total. The number of hydrogen-bond donors (Lipinski definition) is 1. The van der Waals surface area contributed by atoms with E-state index in [1.54, 1.807) is 18.2 Å². The van der Waals surface area contributed by atoms with Gasteiger partial charge in [0, 0.05) is 12.2 Å². The van der Waals surface area contributed by atoms with Gasteiger partial charge in [-0.1, -0.05) is 18.2 Å². The predicted octanol–water partition coefficient (Wildman–Crippen LogP) is 1.13. The van der Waals surface area contributed by atoms with Crippen LogP contribution >= 0.6 is 0 Å². The molecule has 0 unspecified atom stereocenters. The molecule has 0 radical (unpaired) electrons. The third-order valence-corrected chi connectivity index (χ3v) is 1.88. The second kappa shape index (κ2) is 2.52. The molecule has 0 saturated heterocycles. The minimum Gasteiger partial charge on any atom is -0.351 e. The molecule has 0 spiro atoms. The Hall–Kier alpha value is -1.51. The predicted molar refractivity (Wildman–Crippen MR) is 47.1 cm³/mol. The van der Waals surface area contributed by atoms with E-state index in [2.05, 4.69) is 0 Å². The lowest BCUT2D eigenvalue weighted by Crippen LogP contribution is -2.33. The number of urea groups is 1. The number of fused-ring (bicyclic) bond motifs is 1. The molecule has 3 heteroatoms. The molecule has 1 aliphatic heterocycles. The zero-order valence-corrected chi connectivity index (χ0v) is 6.45. The summed E-state index contributed by atoms with van der Waals surface area (Å²) in [6.45, 7) is -1.70. The van der Waals surface area contributed by atoms with Crippen molar-refractivity contribution in [1.29, 1.82) is 0 Å².